The van der Waals surface area contributed by atoms with Crippen LogP contribution in [0.3, 0.4) is 0 Å². The molecule has 1 aliphatic carbocycles. The smallest absolute Gasteiger partial charge is 0.239 e. The van der Waals surface area contributed by atoms with E-state index in [0.717, 1.165) is 5.56 Å². The minimum Gasteiger partial charge on any atom is -0.239 e. The van der Waals surface area contributed by atoms with Crippen molar-refractivity contribution in [3.63, 3.8) is 0 Å². The van der Waals surface area contributed by atoms with E-state index in [-0.39, 0.29) is 18.7 Å². The summed E-state index contributed by atoms with van der Waals surface area (Å²) in [5.41, 5.74) is 0.815. The Balaban J connectivity index is 1.70. The molecule has 0 radical (unpaired) electrons. The summed E-state index contributed by atoms with van der Waals surface area (Å²) in [7, 11) is 0. The van der Waals surface area contributed by atoms with E-state index in [9.17, 15) is 13.2 Å². The van der Waals surface area contributed by atoms with E-state index >= 15 is 0 Å². The monoisotopic (exact) mass is 318 g/mol. The first-order chi connectivity index (χ1) is 11.0. The number of hydrogen-bond acceptors (Lipinski definition) is 3. The standard InChI is InChI=1S/C16H13F3N4/c17-12-7-13(9-4-2-1-3-5-9)23-14(12)21-15(22-23)16(18,19)11-6-10(11)8-20/h1-5,10-13H,6-7H2/t10?,11?,12-,13-/m0/s1. The van der Waals surface area contributed by atoms with Gasteiger partial charge >= 0.3 is 5.92 Å². The van der Waals surface area contributed by atoms with Gasteiger partial charge < -0.3 is 0 Å². The summed E-state index contributed by atoms with van der Waals surface area (Å²) in [6, 6.07) is 10.5. The number of aromatic nitrogens is 3. The maximum absolute atomic E-state index is 14.4. The van der Waals surface area contributed by atoms with Crippen LogP contribution in [-0.2, 0) is 5.92 Å². The molecular formula is C16H13F3N4. The molecular weight excluding hydrogens is 305 g/mol. The summed E-state index contributed by atoms with van der Waals surface area (Å²) >= 11 is 0. The van der Waals surface area contributed by atoms with E-state index in [0.29, 0.717) is 0 Å². The third-order valence-electron chi connectivity index (χ3n) is 4.57. The topological polar surface area (TPSA) is 54.5 Å². The Morgan fingerprint density at radius 3 is 2.61 bits per heavy atom. The van der Waals surface area contributed by atoms with E-state index in [2.05, 4.69) is 10.1 Å². The maximum Gasteiger partial charge on any atom is 0.312 e. The van der Waals surface area contributed by atoms with Crippen molar-refractivity contribution in [2.75, 3.05) is 0 Å². The van der Waals surface area contributed by atoms with Gasteiger partial charge in [0.25, 0.3) is 0 Å². The van der Waals surface area contributed by atoms with Gasteiger partial charge in [0.1, 0.15) is 0 Å². The van der Waals surface area contributed by atoms with Gasteiger partial charge in [0, 0.05) is 12.3 Å². The number of halogens is 3. The molecule has 1 fully saturated rings. The molecule has 118 valence electrons. The molecule has 0 saturated heterocycles. The molecule has 2 heterocycles. The Bertz CT molecular complexity index is 780. The molecule has 0 spiro atoms. The highest BCUT2D eigenvalue weighted by atomic mass is 19.3. The van der Waals surface area contributed by atoms with Gasteiger partial charge in [-0.1, -0.05) is 30.3 Å². The summed E-state index contributed by atoms with van der Waals surface area (Å²) < 4.78 is 44.2. The van der Waals surface area contributed by atoms with Crippen LogP contribution in [0.15, 0.2) is 30.3 Å². The molecule has 2 aliphatic rings. The quantitative estimate of drug-likeness (QED) is 0.870. The summed E-state index contributed by atoms with van der Waals surface area (Å²) in [5, 5.41) is 12.7. The minimum atomic E-state index is -3.29. The van der Waals surface area contributed by atoms with Crippen LogP contribution in [0, 0.1) is 23.2 Å². The Hall–Kier alpha value is -2.36. The van der Waals surface area contributed by atoms with Gasteiger partial charge in [0.05, 0.1) is 18.0 Å². The largest absolute Gasteiger partial charge is 0.312 e. The molecule has 4 atom stereocenters. The zero-order chi connectivity index (χ0) is 16.2. The molecule has 2 unspecified atom stereocenters. The van der Waals surface area contributed by atoms with Crippen LogP contribution in [0.4, 0.5) is 13.2 Å². The second kappa shape index (κ2) is 4.82. The van der Waals surface area contributed by atoms with Gasteiger partial charge in [-0.2, -0.15) is 14.0 Å². The summed E-state index contributed by atoms with van der Waals surface area (Å²) in [6.07, 6.45) is -1.13. The van der Waals surface area contributed by atoms with Crippen molar-refractivity contribution in [2.45, 2.75) is 31.0 Å². The molecule has 0 N–H and O–H groups in total. The first kappa shape index (κ1) is 14.2. The highest BCUT2D eigenvalue weighted by Gasteiger charge is 2.59. The summed E-state index contributed by atoms with van der Waals surface area (Å²) in [5.74, 6) is -5.75. The average molecular weight is 318 g/mol. The van der Waals surface area contributed by atoms with Gasteiger partial charge in [-0.3, -0.25) is 0 Å². The molecule has 1 saturated carbocycles. The Morgan fingerprint density at radius 1 is 1.22 bits per heavy atom. The fraction of sp³-hybridized carbons (Fsp3) is 0.438. The van der Waals surface area contributed by atoms with Crippen LogP contribution in [0.1, 0.15) is 42.3 Å². The lowest BCUT2D eigenvalue weighted by atomic mass is 10.0. The average Bonchev–Trinajstić information content (AvgIpc) is 3.13. The molecule has 2 aromatic rings. The molecule has 0 amide bonds. The highest BCUT2D eigenvalue weighted by Crippen LogP contribution is 2.53. The van der Waals surface area contributed by atoms with Crippen molar-refractivity contribution in [1.82, 2.24) is 14.8 Å². The van der Waals surface area contributed by atoms with E-state index < -0.39 is 35.8 Å². The number of benzene rings is 1. The normalized spacial score (nSPS) is 29.1. The minimum absolute atomic E-state index is 0.0531. The summed E-state index contributed by atoms with van der Waals surface area (Å²) in [6.45, 7) is 0. The first-order valence-electron chi connectivity index (χ1n) is 7.45. The van der Waals surface area contributed by atoms with Crippen LogP contribution in [0.5, 0.6) is 0 Å². The Kier molecular flexibility index (Phi) is 2.98. The number of fused-ring (bicyclic) bond motifs is 1. The third-order valence-corrected chi connectivity index (χ3v) is 4.57. The lowest BCUT2D eigenvalue weighted by Gasteiger charge is -2.14. The zero-order valence-electron chi connectivity index (χ0n) is 12.0. The number of rotatable bonds is 3. The fourth-order valence-electron chi connectivity index (χ4n) is 3.18. The SMILES string of the molecule is N#CC1CC1C(F)(F)c1nc2n(n1)[C@H](c1ccccc1)C[C@@H]2F. The number of nitriles is 1. The van der Waals surface area contributed by atoms with Gasteiger partial charge in [-0.25, -0.2) is 14.1 Å². The van der Waals surface area contributed by atoms with Crippen LogP contribution >= 0.6 is 0 Å². The van der Waals surface area contributed by atoms with E-state index in [1.165, 1.54) is 4.68 Å². The molecule has 0 bridgehead atoms. The highest BCUT2D eigenvalue weighted by molar-refractivity contribution is 5.24. The van der Waals surface area contributed by atoms with Gasteiger partial charge in [-0.05, 0) is 12.0 Å². The molecule has 1 aromatic heterocycles. The number of nitrogens with zero attached hydrogens (tertiary/aromatic N) is 4. The van der Waals surface area contributed by atoms with E-state index in [4.69, 9.17) is 5.26 Å². The van der Waals surface area contributed by atoms with Crippen molar-refractivity contribution in [1.29, 1.82) is 5.26 Å². The van der Waals surface area contributed by atoms with Crippen molar-refractivity contribution in [2.24, 2.45) is 11.8 Å². The van der Waals surface area contributed by atoms with E-state index in [1.54, 1.807) is 0 Å². The van der Waals surface area contributed by atoms with Gasteiger partial charge in [0.15, 0.2) is 12.0 Å². The maximum atomic E-state index is 14.4. The number of hydrogen-bond donors (Lipinski definition) is 0. The molecule has 7 heteroatoms. The van der Waals surface area contributed by atoms with Crippen molar-refractivity contribution in [3.8, 4) is 6.07 Å². The van der Waals surface area contributed by atoms with Crippen LogP contribution in [0.25, 0.3) is 0 Å². The van der Waals surface area contributed by atoms with Crippen LogP contribution in [0.2, 0.25) is 0 Å². The van der Waals surface area contributed by atoms with Crippen LogP contribution < -0.4 is 0 Å². The fourth-order valence-corrected chi connectivity index (χ4v) is 3.18. The lowest BCUT2D eigenvalue weighted by Crippen LogP contribution is -2.20. The molecule has 4 nitrogen and oxygen atoms in total. The second-order valence-corrected chi connectivity index (χ2v) is 6.07. The molecule has 23 heavy (non-hydrogen) atoms. The van der Waals surface area contributed by atoms with Gasteiger partial charge in [-0.15, -0.1) is 5.10 Å². The molecule has 4 rings (SSSR count). The van der Waals surface area contributed by atoms with Crippen LogP contribution in [-0.4, -0.2) is 14.8 Å². The number of alkyl halides is 3. The molecule has 1 aliphatic heterocycles. The lowest BCUT2D eigenvalue weighted by molar-refractivity contribution is -0.0408. The van der Waals surface area contributed by atoms with Gasteiger partial charge in [0.2, 0.25) is 5.82 Å². The van der Waals surface area contributed by atoms with E-state index in [1.807, 2.05) is 36.4 Å². The molecule has 1 aromatic carbocycles. The predicted octanol–water partition coefficient (Wildman–Crippen LogP) is 3.53. The summed E-state index contributed by atoms with van der Waals surface area (Å²) in [4.78, 5) is 3.77. The Labute approximate surface area is 130 Å². The van der Waals surface area contributed by atoms with Crippen molar-refractivity contribution in [3.05, 3.63) is 47.5 Å². The zero-order valence-corrected chi connectivity index (χ0v) is 12.0. The Morgan fingerprint density at radius 2 is 1.96 bits per heavy atom. The first-order valence-corrected chi connectivity index (χ1v) is 7.45. The van der Waals surface area contributed by atoms with Crippen molar-refractivity contribution >= 4 is 0 Å². The van der Waals surface area contributed by atoms with Crippen molar-refractivity contribution < 1.29 is 13.2 Å². The predicted molar refractivity (Wildman–Crippen MR) is 74.2 cm³/mol. The third kappa shape index (κ3) is 2.12. The second-order valence-electron chi connectivity index (χ2n) is 6.07.